The lowest BCUT2D eigenvalue weighted by molar-refractivity contribution is -0.137. The average molecular weight is 479 g/mol. The summed E-state index contributed by atoms with van der Waals surface area (Å²) in [6.07, 6.45) is 2.29. The molecule has 1 unspecified atom stereocenters. The number of aromatic amines is 1. The maximum absolute atomic E-state index is 13.2. The number of hydrogen-bond donors (Lipinski definition) is 2. The van der Waals surface area contributed by atoms with Crippen LogP contribution in [0.5, 0.6) is 0 Å². The Bertz CT molecular complexity index is 1410. The highest BCUT2D eigenvalue weighted by Crippen LogP contribution is 2.38. The number of fused-ring (bicyclic) bond motifs is 1. The molecular formula is C24H17F3N6S. The first-order chi connectivity index (χ1) is 16.4. The SMILES string of the molecule is N#Cc1cnc(NCc2ccc(C3CC=CS3)cc2)nc1-c1c[nH]c2ncc(C(F)(F)F)cc12. The summed E-state index contributed by atoms with van der Waals surface area (Å²) in [7, 11) is 0. The van der Waals surface area contributed by atoms with Crippen molar-refractivity contribution in [1.82, 2.24) is 19.9 Å². The van der Waals surface area contributed by atoms with Crippen LogP contribution in [0.15, 0.2) is 60.4 Å². The standard InChI is InChI=1S/C24H17F3N6S/c25-24(26,27)17-8-18-19(13-30-22(18)29-12-17)21-16(9-28)11-32-23(33-21)31-10-14-3-5-15(6-4-14)20-2-1-7-34-20/h1,3-8,11-13,20H,2,10H2,(H,29,30)(H,31,32,33). The first-order valence-corrected chi connectivity index (χ1v) is 11.3. The molecule has 0 saturated carbocycles. The quantitative estimate of drug-likeness (QED) is 0.354. The van der Waals surface area contributed by atoms with Gasteiger partial charge in [-0.05, 0) is 29.0 Å². The van der Waals surface area contributed by atoms with Crippen molar-refractivity contribution in [3.8, 4) is 17.3 Å². The number of allylic oxidation sites excluding steroid dienone is 1. The van der Waals surface area contributed by atoms with Gasteiger partial charge in [0.2, 0.25) is 5.95 Å². The first kappa shape index (κ1) is 22.0. The van der Waals surface area contributed by atoms with E-state index in [0.717, 1.165) is 24.2 Å². The number of nitrogens with zero attached hydrogens (tertiary/aromatic N) is 4. The highest BCUT2D eigenvalue weighted by atomic mass is 32.2. The van der Waals surface area contributed by atoms with Crippen molar-refractivity contribution < 1.29 is 13.2 Å². The van der Waals surface area contributed by atoms with Gasteiger partial charge in [-0.15, -0.1) is 11.8 Å². The van der Waals surface area contributed by atoms with Crippen LogP contribution in [-0.4, -0.2) is 19.9 Å². The molecule has 0 spiro atoms. The molecule has 5 rings (SSSR count). The van der Waals surface area contributed by atoms with Crippen LogP contribution in [0.2, 0.25) is 0 Å². The van der Waals surface area contributed by atoms with Gasteiger partial charge in [0.1, 0.15) is 11.7 Å². The van der Waals surface area contributed by atoms with Crippen molar-refractivity contribution in [3.05, 3.63) is 82.7 Å². The first-order valence-electron chi connectivity index (χ1n) is 10.4. The van der Waals surface area contributed by atoms with Gasteiger partial charge in [-0.1, -0.05) is 30.3 Å². The summed E-state index contributed by atoms with van der Waals surface area (Å²) < 4.78 is 39.6. The number of benzene rings is 1. The monoisotopic (exact) mass is 478 g/mol. The number of nitriles is 1. The van der Waals surface area contributed by atoms with Gasteiger partial charge in [-0.2, -0.15) is 18.4 Å². The molecule has 0 aliphatic carbocycles. The lowest BCUT2D eigenvalue weighted by atomic mass is 10.1. The Morgan fingerprint density at radius 2 is 2.00 bits per heavy atom. The summed E-state index contributed by atoms with van der Waals surface area (Å²) in [4.78, 5) is 15.3. The van der Waals surface area contributed by atoms with Gasteiger partial charge >= 0.3 is 6.18 Å². The van der Waals surface area contributed by atoms with E-state index < -0.39 is 11.7 Å². The lowest BCUT2D eigenvalue weighted by Gasteiger charge is -2.11. The summed E-state index contributed by atoms with van der Waals surface area (Å²) in [5.41, 5.74) is 2.42. The minimum absolute atomic E-state index is 0.149. The minimum atomic E-state index is -4.53. The van der Waals surface area contributed by atoms with Gasteiger partial charge in [0.25, 0.3) is 0 Å². The number of nitrogens with one attached hydrogen (secondary N) is 2. The van der Waals surface area contributed by atoms with Crippen molar-refractivity contribution in [2.75, 3.05) is 5.32 Å². The Labute approximate surface area is 197 Å². The van der Waals surface area contributed by atoms with Crippen LogP contribution in [0, 0.1) is 11.3 Å². The molecular weight excluding hydrogens is 461 g/mol. The van der Waals surface area contributed by atoms with Crippen molar-refractivity contribution in [2.45, 2.75) is 24.4 Å². The fraction of sp³-hybridized carbons (Fsp3) is 0.167. The lowest BCUT2D eigenvalue weighted by Crippen LogP contribution is -2.06. The summed E-state index contributed by atoms with van der Waals surface area (Å²) in [6.45, 7) is 0.454. The maximum Gasteiger partial charge on any atom is 0.417 e. The fourth-order valence-electron chi connectivity index (χ4n) is 3.74. The Balaban J connectivity index is 1.41. The molecule has 0 saturated heterocycles. The number of hydrogen-bond acceptors (Lipinski definition) is 6. The van der Waals surface area contributed by atoms with Crippen LogP contribution in [0.4, 0.5) is 19.1 Å². The highest BCUT2D eigenvalue weighted by molar-refractivity contribution is 8.02. The van der Waals surface area contributed by atoms with Gasteiger partial charge in [-0.25, -0.2) is 15.0 Å². The molecule has 0 fully saturated rings. The molecule has 170 valence electrons. The molecule has 1 aliphatic rings. The van der Waals surface area contributed by atoms with Gasteiger partial charge < -0.3 is 10.3 Å². The second kappa shape index (κ2) is 8.83. The smallest absolute Gasteiger partial charge is 0.350 e. The van der Waals surface area contributed by atoms with Crippen molar-refractivity contribution >= 4 is 28.7 Å². The van der Waals surface area contributed by atoms with Crippen LogP contribution in [0.1, 0.15) is 33.9 Å². The zero-order valence-electron chi connectivity index (χ0n) is 17.6. The minimum Gasteiger partial charge on any atom is -0.350 e. The molecule has 34 heavy (non-hydrogen) atoms. The Kier molecular flexibility index (Phi) is 5.71. The zero-order chi connectivity index (χ0) is 23.7. The van der Waals surface area contributed by atoms with Gasteiger partial charge in [0, 0.05) is 35.1 Å². The highest BCUT2D eigenvalue weighted by Gasteiger charge is 2.31. The third-order valence-electron chi connectivity index (χ3n) is 5.51. The molecule has 0 radical (unpaired) electrons. The zero-order valence-corrected chi connectivity index (χ0v) is 18.4. The van der Waals surface area contributed by atoms with E-state index in [2.05, 4.69) is 48.9 Å². The molecule has 6 nitrogen and oxygen atoms in total. The second-order valence-corrected chi connectivity index (χ2v) is 8.83. The number of rotatable bonds is 5. The molecule has 4 aromatic rings. The van der Waals surface area contributed by atoms with Crippen LogP contribution in [0.3, 0.4) is 0 Å². The van der Waals surface area contributed by atoms with Gasteiger partial charge in [0.15, 0.2) is 0 Å². The van der Waals surface area contributed by atoms with Crippen LogP contribution in [-0.2, 0) is 12.7 Å². The number of alkyl halides is 3. The molecule has 1 aliphatic heterocycles. The van der Waals surface area contributed by atoms with E-state index in [1.165, 1.54) is 18.0 Å². The van der Waals surface area contributed by atoms with Crippen molar-refractivity contribution in [2.24, 2.45) is 0 Å². The van der Waals surface area contributed by atoms with Gasteiger partial charge in [0.05, 0.1) is 23.0 Å². The molecule has 10 heteroatoms. The Morgan fingerprint density at radius 1 is 1.18 bits per heavy atom. The van der Waals surface area contributed by atoms with Crippen LogP contribution in [0.25, 0.3) is 22.3 Å². The Morgan fingerprint density at radius 3 is 2.71 bits per heavy atom. The summed E-state index contributed by atoms with van der Waals surface area (Å²) in [5, 5.41) is 15.5. The number of thioether (sulfide) groups is 1. The molecule has 0 bridgehead atoms. The summed E-state index contributed by atoms with van der Waals surface area (Å²) in [5.74, 6) is 0.267. The number of aromatic nitrogens is 4. The van der Waals surface area contributed by atoms with Crippen molar-refractivity contribution in [1.29, 1.82) is 5.26 Å². The van der Waals surface area contributed by atoms with Gasteiger partial charge in [-0.3, -0.25) is 0 Å². The Hall–Kier alpha value is -3.84. The normalized spacial score (nSPS) is 15.5. The average Bonchev–Trinajstić information content (AvgIpc) is 3.52. The summed E-state index contributed by atoms with van der Waals surface area (Å²) >= 11 is 1.81. The largest absolute Gasteiger partial charge is 0.417 e. The van der Waals surface area contributed by atoms with E-state index in [-0.39, 0.29) is 28.2 Å². The van der Waals surface area contributed by atoms with E-state index in [4.69, 9.17) is 0 Å². The fourth-order valence-corrected chi connectivity index (χ4v) is 4.69. The third kappa shape index (κ3) is 4.34. The molecule has 0 amide bonds. The molecule has 4 heterocycles. The number of H-pyrrole nitrogens is 1. The molecule has 1 aromatic carbocycles. The van der Waals surface area contributed by atoms with E-state index in [0.29, 0.717) is 17.4 Å². The number of halogens is 3. The maximum atomic E-state index is 13.2. The molecule has 1 atom stereocenters. The topological polar surface area (TPSA) is 90.3 Å². The van der Waals surface area contributed by atoms with Crippen LogP contribution < -0.4 is 5.32 Å². The second-order valence-electron chi connectivity index (χ2n) is 7.72. The van der Waals surface area contributed by atoms with E-state index in [1.54, 1.807) is 11.8 Å². The van der Waals surface area contributed by atoms with Crippen LogP contribution >= 0.6 is 11.8 Å². The van der Waals surface area contributed by atoms with E-state index in [9.17, 15) is 18.4 Å². The number of anilines is 1. The van der Waals surface area contributed by atoms with E-state index >= 15 is 0 Å². The van der Waals surface area contributed by atoms with Crippen molar-refractivity contribution in [3.63, 3.8) is 0 Å². The number of pyridine rings is 1. The third-order valence-corrected chi connectivity index (χ3v) is 6.66. The predicted octanol–water partition coefficient (Wildman–Crippen LogP) is 6.21. The summed E-state index contributed by atoms with van der Waals surface area (Å²) in [6, 6.07) is 11.3. The predicted molar refractivity (Wildman–Crippen MR) is 125 cm³/mol. The van der Waals surface area contributed by atoms with E-state index in [1.807, 2.05) is 18.2 Å². The molecule has 3 aromatic heterocycles. The molecule has 2 N–H and O–H groups in total.